The highest BCUT2D eigenvalue weighted by molar-refractivity contribution is 5.03. The Morgan fingerprint density at radius 2 is 1.61 bits per heavy atom. The minimum absolute atomic E-state index is 0.399. The smallest absolute Gasteiger partial charge is 0.0360 e. The van der Waals surface area contributed by atoms with Gasteiger partial charge in [0.05, 0.1) is 0 Å². The van der Waals surface area contributed by atoms with Gasteiger partial charge in [0.15, 0.2) is 0 Å². The fourth-order valence-corrected chi connectivity index (χ4v) is 4.55. The summed E-state index contributed by atoms with van der Waals surface area (Å²) in [7, 11) is 0. The van der Waals surface area contributed by atoms with Gasteiger partial charge in [-0.2, -0.15) is 0 Å². The summed E-state index contributed by atoms with van der Waals surface area (Å²) in [6.45, 7) is 2.64. The first-order valence-electron chi connectivity index (χ1n) is 8.32. The van der Waals surface area contributed by atoms with Crippen LogP contribution in [0.3, 0.4) is 0 Å². The molecule has 2 saturated carbocycles. The van der Waals surface area contributed by atoms with E-state index in [0.717, 1.165) is 5.92 Å². The summed E-state index contributed by atoms with van der Waals surface area (Å²) < 4.78 is 0. The van der Waals surface area contributed by atoms with Crippen LogP contribution in [-0.4, -0.2) is 29.6 Å². The normalized spacial score (nSPS) is 31.2. The van der Waals surface area contributed by atoms with Gasteiger partial charge in [0.1, 0.15) is 0 Å². The van der Waals surface area contributed by atoms with E-state index in [1.165, 1.54) is 83.7 Å². The van der Waals surface area contributed by atoms with E-state index >= 15 is 0 Å². The molecule has 2 nitrogen and oxygen atoms in total. The van der Waals surface area contributed by atoms with Gasteiger partial charge in [-0.3, -0.25) is 4.90 Å². The predicted octanol–water partition coefficient (Wildman–Crippen LogP) is 3.30. The van der Waals surface area contributed by atoms with Crippen molar-refractivity contribution in [3.63, 3.8) is 0 Å². The van der Waals surface area contributed by atoms with E-state index in [2.05, 4.69) is 4.90 Å². The van der Waals surface area contributed by atoms with Gasteiger partial charge in [-0.15, -0.1) is 0 Å². The summed E-state index contributed by atoms with van der Waals surface area (Å²) in [5.74, 6) is 0.960. The minimum Gasteiger partial charge on any atom is -0.326 e. The molecular weight excluding hydrogens is 220 g/mol. The third-order valence-electron chi connectivity index (χ3n) is 5.96. The quantitative estimate of drug-likeness (QED) is 0.829. The lowest BCUT2D eigenvalue weighted by molar-refractivity contribution is 0.0366. The molecule has 0 amide bonds. The van der Waals surface area contributed by atoms with Crippen LogP contribution in [0, 0.1) is 5.92 Å². The molecule has 3 fully saturated rings. The molecule has 1 unspecified atom stereocenters. The maximum atomic E-state index is 6.71. The van der Waals surface area contributed by atoms with E-state index < -0.39 is 0 Å². The Labute approximate surface area is 112 Å². The molecule has 3 aliphatic rings. The third-order valence-corrected chi connectivity index (χ3v) is 5.96. The molecule has 3 rings (SSSR count). The average Bonchev–Trinajstić information content (AvgIpc) is 2.85. The van der Waals surface area contributed by atoms with Crippen molar-refractivity contribution in [2.45, 2.75) is 82.2 Å². The van der Waals surface area contributed by atoms with Gasteiger partial charge in [-0.25, -0.2) is 0 Å². The lowest BCUT2D eigenvalue weighted by Gasteiger charge is -2.48. The molecule has 0 radical (unpaired) electrons. The Hall–Kier alpha value is -0.0800. The third kappa shape index (κ3) is 2.34. The van der Waals surface area contributed by atoms with Crippen LogP contribution in [0.15, 0.2) is 0 Å². The zero-order valence-electron chi connectivity index (χ0n) is 11.9. The second-order valence-electron chi connectivity index (χ2n) is 7.00. The summed E-state index contributed by atoms with van der Waals surface area (Å²) >= 11 is 0. The zero-order chi connectivity index (χ0) is 12.4. The van der Waals surface area contributed by atoms with Crippen LogP contribution in [0.25, 0.3) is 0 Å². The van der Waals surface area contributed by atoms with Gasteiger partial charge < -0.3 is 5.73 Å². The summed E-state index contributed by atoms with van der Waals surface area (Å²) in [5.41, 5.74) is 7.11. The van der Waals surface area contributed by atoms with Crippen molar-refractivity contribution in [1.82, 2.24) is 4.90 Å². The number of nitrogens with zero attached hydrogens (tertiary/aromatic N) is 1. The van der Waals surface area contributed by atoms with Crippen LogP contribution in [0.2, 0.25) is 0 Å². The molecule has 104 valence electrons. The molecule has 0 aromatic rings. The Balaban J connectivity index is 1.68. The van der Waals surface area contributed by atoms with Crippen molar-refractivity contribution in [2.75, 3.05) is 13.1 Å². The van der Waals surface area contributed by atoms with E-state index in [1.54, 1.807) is 0 Å². The molecular formula is C16H30N2. The maximum Gasteiger partial charge on any atom is 0.0360 e. The van der Waals surface area contributed by atoms with Crippen LogP contribution in [0.1, 0.15) is 70.6 Å². The SMILES string of the molecule is NC(CC1CCC1)C1(N2CCCCC2)CCCC1. The van der Waals surface area contributed by atoms with Crippen LogP contribution in [0.4, 0.5) is 0 Å². The van der Waals surface area contributed by atoms with E-state index in [0.29, 0.717) is 11.6 Å². The second-order valence-corrected chi connectivity index (χ2v) is 7.00. The summed E-state index contributed by atoms with van der Waals surface area (Å²) in [4.78, 5) is 2.80. The van der Waals surface area contributed by atoms with Crippen molar-refractivity contribution in [2.24, 2.45) is 11.7 Å². The van der Waals surface area contributed by atoms with Crippen molar-refractivity contribution in [3.05, 3.63) is 0 Å². The van der Waals surface area contributed by atoms with Gasteiger partial charge in [-0.05, 0) is 51.1 Å². The van der Waals surface area contributed by atoms with Crippen LogP contribution >= 0.6 is 0 Å². The number of likely N-dealkylation sites (tertiary alicyclic amines) is 1. The largest absolute Gasteiger partial charge is 0.326 e. The first-order valence-corrected chi connectivity index (χ1v) is 8.32. The summed E-state index contributed by atoms with van der Waals surface area (Å²) in [6.07, 6.45) is 15.5. The molecule has 2 N–H and O–H groups in total. The summed E-state index contributed by atoms with van der Waals surface area (Å²) in [6, 6.07) is 0.448. The first kappa shape index (κ1) is 12.9. The number of piperidine rings is 1. The molecule has 1 saturated heterocycles. The van der Waals surface area contributed by atoms with E-state index in [-0.39, 0.29) is 0 Å². The Kier molecular flexibility index (Phi) is 3.95. The molecule has 0 aromatic carbocycles. The molecule has 0 spiro atoms. The van der Waals surface area contributed by atoms with Gasteiger partial charge in [0.25, 0.3) is 0 Å². The standard InChI is InChI=1S/C16H30N2/c17-15(13-14-7-6-8-14)16(9-2-3-10-16)18-11-4-1-5-12-18/h14-15H,1-13,17H2. The van der Waals surface area contributed by atoms with Gasteiger partial charge in [0.2, 0.25) is 0 Å². The highest BCUT2D eigenvalue weighted by Crippen LogP contribution is 2.42. The highest BCUT2D eigenvalue weighted by atomic mass is 15.2. The van der Waals surface area contributed by atoms with E-state index in [9.17, 15) is 0 Å². The topological polar surface area (TPSA) is 29.3 Å². The van der Waals surface area contributed by atoms with Crippen molar-refractivity contribution >= 4 is 0 Å². The lowest BCUT2D eigenvalue weighted by atomic mass is 9.74. The molecule has 0 aromatic heterocycles. The lowest BCUT2D eigenvalue weighted by Crippen LogP contribution is -2.60. The molecule has 2 aliphatic carbocycles. The zero-order valence-corrected chi connectivity index (χ0v) is 11.9. The first-order chi connectivity index (χ1) is 8.81. The number of nitrogens with two attached hydrogens (primary N) is 1. The molecule has 2 heteroatoms. The van der Waals surface area contributed by atoms with Crippen LogP contribution in [-0.2, 0) is 0 Å². The van der Waals surface area contributed by atoms with Crippen molar-refractivity contribution in [3.8, 4) is 0 Å². The molecule has 0 bridgehead atoms. The average molecular weight is 250 g/mol. The number of hydrogen-bond donors (Lipinski definition) is 1. The Morgan fingerprint density at radius 3 is 2.17 bits per heavy atom. The Morgan fingerprint density at radius 1 is 0.944 bits per heavy atom. The fourth-order valence-electron chi connectivity index (χ4n) is 4.55. The van der Waals surface area contributed by atoms with E-state index in [4.69, 9.17) is 5.73 Å². The van der Waals surface area contributed by atoms with Crippen LogP contribution in [0.5, 0.6) is 0 Å². The van der Waals surface area contributed by atoms with Crippen LogP contribution < -0.4 is 5.73 Å². The molecule has 1 atom stereocenters. The van der Waals surface area contributed by atoms with Gasteiger partial charge in [-0.1, -0.05) is 38.5 Å². The fraction of sp³-hybridized carbons (Fsp3) is 1.00. The van der Waals surface area contributed by atoms with E-state index in [1.807, 2.05) is 0 Å². The molecule has 18 heavy (non-hydrogen) atoms. The van der Waals surface area contributed by atoms with Gasteiger partial charge in [0, 0.05) is 11.6 Å². The summed E-state index contributed by atoms with van der Waals surface area (Å²) in [5, 5.41) is 0. The number of rotatable bonds is 4. The van der Waals surface area contributed by atoms with Gasteiger partial charge >= 0.3 is 0 Å². The molecule has 1 heterocycles. The predicted molar refractivity (Wildman–Crippen MR) is 76.6 cm³/mol. The Bertz CT molecular complexity index is 260. The monoisotopic (exact) mass is 250 g/mol. The minimum atomic E-state index is 0.399. The van der Waals surface area contributed by atoms with Crippen molar-refractivity contribution in [1.29, 1.82) is 0 Å². The van der Waals surface area contributed by atoms with Crippen molar-refractivity contribution < 1.29 is 0 Å². The highest BCUT2D eigenvalue weighted by Gasteiger charge is 2.45. The molecule has 1 aliphatic heterocycles. The number of hydrogen-bond acceptors (Lipinski definition) is 2. The second kappa shape index (κ2) is 5.50. The maximum absolute atomic E-state index is 6.71.